The molecule has 0 heterocycles. The molecule has 2 atom stereocenters. The van der Waals surface area contributed by atoms with Crippen molar-refractivity contribution < 1.29 is 9.84 Å². The maximum absolute atomic E-state index is 9.12. The quantitative estimate of drug-likeness (QED) is 0.691. The molecule has 0 aliphatic heterocycles. The van der Waals surface area contributed by atoms with Crippen LogP contribution in [0.25, 0.3) is 0 Å². The lowest BCUT2D eigenvalue weighted by molar-refractivity contribution is 0.240. The molecule has 0 amide bonds. The molecule has 4 heteroatoms. The molecule has 2 unspecified atom stereocenters. The Morgan fingerprint density at radius 2 is 2.18 bits per heavy atom. The van der Waals surface area contributed by atoms with Crippen molar-refractivity contribution in [1.82, 2.24) is 5.32 Å². The minimum absolute atomic E-state index is 0.0439. The molecule has 0 saturated heterocycles. The summed E-state index contributed by atoms with van der Waals surface area (Å²) in [5.41, 5.74) is 8.01. The molecular weight excluding hydrogens is 216 g/mol. The Morgan fingerprint density at radius 3 is 2.65 bits per heavy atom. The lowest BCUT2D eigenvalue weighted by Crippen LogP contribution is -2.38. The number of nitrogens with one attached hydrogen (secondary N) is 1. The molecule has 4 nitrogen and oxygen atoms in total. The second kappa shape index (κ2) is 6.59. The third kappa shape index (κ3) is 3.43. The van der Waals surface area contributed by atoms with Gasteiger partial charge in [-0.05, 0) is 38.1 Å². The molecule has 1 aromatic carbocycles. The largest absolute Gasteiger partial charge is 0.494 e. The van der Waals surface area contributed by atoms with Crippen LogP contribution >= 0.6 is 0 Å². The summed E-state index contributed by atoms with van der Waals surface area (Å²) in [5, 5.41) is 12.2. The van der Waals surface area contributed by atoms with Crippen LogP contribution < -0.4 is 15.8 Å². The SMILES string of the molecule is CCOc1ccc(C(NC)C(N)CO)cc1C. The number of rotatable bonds is 6. The summed E-state index contributed by atoms with van der Waals surface area (Å²) in [7, 11) is 1.84. The molecule has 1 rings (SSSR count). The maximum Gasteiger partial charge on any atom is 0.122 e. The summed E-state index contributed by atoms with van der Waals surface area (Å²) in [6.07, 6.45) is 0. The van der Waals surface area contributed by atoms with E-state index < -0.39 is 0 Å². The summed E-state index contributed by atoms with van der Waals surface area (Å²) in [4.78, 5) is 0. The number of aryl methyl sites for hydroxylation is 1. The van der Waals surface area contributed by atoms with E-state index in [-0.39, 0.29) is 18.7 Å². The van der Waals surface area contributed by atoms with Crippen molar-refractivity contribution in [2.45, 2.75) is 25.9 Å². The predicted octanol–water partition coefficient (Wildman–Crippen LogP) is 0.974. The first-order valence-electron chi connectivity index (χ1n) is 5.91. The molecule has 0 aliphatic rings. The zero-order valence-corrected chi connectivity index (χ0v) is 10.7. The maximum atomic E-state index is 9.12. The average Bonchev–Trinajstić information content (AvgIpc) is 2.33. The van der Waals surface area contributed by atoms with Gasteiger partial charge in [-0.3, -0.25) is 0 Å². The Balaban J connectivity index is 2.94. The van der Waals surface area contributed by atoms with Crippen molar-refractivity contribution >= 4 is 0 Å². The van der Waals surface area contributed by atoms with E-state index in [9.17, 15) is 0 Å². The van der Waals surface area contributed by atoms with Crippen molar-refractivity contribution in [2.24, 2.45) is 5.73 Å². The molecule has 1 aromatic rings. The standard InChI is InChI=1S/C13H22N2O2/c1-4-17-12-6-5-10(7-9(12)2)13(15-3)11(14)8-16/h5-7,11,13,15-16H,4,8,14H2,1-3H3. The van der Waals surface area contributed by atoms with Gasteiger partial charge in [-0.15, -0.1) is 0 Å². The first-order chi connectivity index (χ1) is 8.13. The zero-order valence-electron chi connectivity index (χ0n) is 10.7. The molecule has 0 saturated carbocycles. The van der Waals surface area contributed by atoms with Crippen LogP contribution in [-0.4, -0.2) is 31.4 Å². The second-order valence-corrected chi connectivity index (χ2v) is 4.07. The highest BCUT2D eigenvalue weighted by molar-refractivity contribution is 5.37. The van der Waals surface area contributed by atoms with Crippen LogP contribution in [0, 0.1) is 6.92 Å². The molecule has 17 heavy (non-hydrogen) atoms. The van der Waals surface area contributed by atoms with Gasteiger partial charge in [-0.25, -0.2) is 0 Å². The van der Waals surface area contributed by atoms with Crippen LogP contribution in [0.3, 0.4) is 0 Å². The van der Waals surface area contributed by atoms with Gasteiger partial charge in [0.1, 0.15) is 5.75 Å². The fourth-order valence-corrected chi connectivity index (χ4v) is 1.92. The minimum atomic E-state index is -0.308. The van der Waals surface area contributed by atoms with E-state index >= 15 is 0 Å². The minimum Gasteiger partial charge on any atom is -0.494 e. The lowest BCUT2D eigenvalue weighted by Gasteiger charge is -2.23. The summed E-state index contributed by atoms with van der Waals surface area (Å²) in [6, 6.07) is 5.62. The fourth-order valence-electron chi connectivity index (χ4n) is 1.92. The van der Waals surface area contributed by atoms with Gasteiger partial charge in [0, 0.05) is 12.1 Å². The third-order valence-electron chi connectivity index (χ3n) is 2.81. The first-order valence-corrected chi connectivity index (χ1v) is 5.91. The smallest absolute Gasteiger partial charge is 0.122 e. The molecule has 0 radical (unpaired) electrons. The molecule has 0 aliphatic carbocycles. The molecule has 4 N–H and O–H groups in total. The Labute approximate surface area is 103 Å². The number of nitrogens with two attached hydrogens (primary N) is 1. The predicted molar refractivity (Wildman–Crippen MR) is 69.2 cm³/mol. The number of aliphatic hydroxyl groups is 1. The molecular formula is C13H22N2O2. The Morgan fingerprint density at radius 1 is 1.47 bits per heavy atom. The van der Waals surface area contributed by atoms with Crippen LogP contribution in [0.5, 0.6) is 5.75 Å². The van der Waals surface area contributed by atoms with Crippen LogP contribution in [0.2, 0.25) is 0 Å². The van der Waals surface area contributed by atoms with Gasteiger partial charge < -0.3 is 20.9 Å². The topological polar surface area (TPSA) is 67.5 Å². The van der Waals surface area contributed by atoms with Crippen molar-refractivity contribution in [2.75, 3.05) is 20.3 Å². The van der Waals surface area contributed by atoms with Gasteiger partial charge in [0.2, 0.25) is 0 Å². The molecule has 0 spiro atoms. The van der Waals surface area contributed by atoms with Crippen LogP contribution in [0.15, 0.2) is 18.2 Å². The van der Waals surface area contributed by atoms with E-state index in [0.29, 0.717) is 6.61 Å². The van der Waals surface area contributed by atoms with Crippen LogP contribution in [0.1, 0.15) is 24.1 Å². The third-order valence-corrected chi connectivity index (χ3v) is 2.81. The van der Waals surface area contributed by atoms with Crippen molar-refractivity contribution in [3.63, 3.8) is 0 Å². The van der Waals surface area contributed by atoms with Gasteiger partial charge in [0.05, 0.1) is 13.2 Å². The van der Waals surface area contributed by atoms with Gasteiger partial charge in [-0.2, -0.15) is 0 Å². The van der Waals surface area contributed by atoms with E-state index in [0.717, 1.165) is 16.9 Å². The number of benzene rings is 1. The second-order valence-electron chi connectivity index (χ2n) is 4.07. The number of likely N-dealkylation sites (N-methyl/N-ethyl adjacent to an activating group) is 1. The lowest BCUT2D eigenvalue weighted by atomic mass is 9.98. The Hall–Kier alpha value is -1.10. The highest BCUT2D eigenvalue weighted by atomic mass is 16.5. The highest BCUT2D eigenvalue weighted by Gasteiger charge is 2.17. The van der Waals surface area contributed by atoms with E-state index in [1.54, 1.807) is 0 Å². The zero-order chi connectivity index (χ0) is 12.8. The fraction of sp³-hybridized carbons (Fsp3) is 0.538. The summed E-state index contributed by atoms with van der Waals surface area (Å²) >= 11 is 0. The van der Waals surface area contributed by atoms with Crippen molar-refractivity contribution in [3.8, 4) is 5.75 Å². The van der Waals surface area contributed by atoms with Gasteiger partial charge in [-0.1, -0.05) is 12.1 Å². The average molecular weight is 238 g/mol. The first kappa shape index (κ1) is 14.0. The molecule has 0 aromatic heterocycles. The number of ether oxygens (including phenoxy) is 1. The monoisotopic (exact) mass is 238 g/mol. The van der Waals surface area contributed by atoms with Crippen molar-refractivity contribution in [3.05, 3.63) is 29.3 Å². The number of hydrogen-bond acceptors (Lipinski definition) is 4. The summed E-state index contributed by atoms with van der Waals surface area (Å²) < 4.78 is 5.49. The molecule has 0 bridgehead atoms. The van der Waals surface area contributed by atoms with E-state index in [1.165, 1.54) is 0 Å². The van der Waals surface area contributed by atoms with Crippen LogP contribution in [-0.2, 0) is 0 Å². The Bertz CT molecular complexity index is 355. The van der Waals surface area contributed by atoms with Gasteiger partial charge in [0.25, 0.3) is 0 Å². The molecule has 96 valence electrons. The number of hydrogen-bond donors (Lipinski definition) is 3. The summed E-state index contributed by atoms with van der Waals surface area (Å²) in [6.45, 7) is 4.58. The van der Waals surface area contributed by atoms with E-state index in [1.807, 2.05) is 39.1 Å². The molecule has 0 fully saturated rings. The van der Waals surface area contributed by atoms with Gasteiger partial charge >= 0.3 is 0 Å². The van der Waals surface area contributed by atoms with E-state index in [4.69, 9.17) is 15.6 Å². The Kier molecular flexibility index (Phi) is 5.41. The van der Waals surface area contributed by atoms with E-state index in [2.05, 4.69) is 5.32 Å². The van der Waals surface area contributed by atoms with Crippen molar-refractivity contribution in [1.29, 1.82) is 0 Å². The normalized spacial score (nSPS) is 14.4. The number of aliphatic hydroxyl groups excluding tert-OH is 1. The van der Waals surface area contributed by atoms with Gasteiger partial charge in [0.15, 0.2) is 0 Å². The van der Waals surface area contributed by atoms with Crippen LogP contribution in [0.4, 0.5) is 0 Å². The highest BCUT2D eigenvalue weighted by Crippen LogP contribution is 2.23. The summed E-state index contributed by atoms with van der Waals surface area (Å²) in [5.74, 6) is 0.892.